The number of thiophene rings is 4. The van der Waals surface area contributed by atoms with Crippen molar-refractivity contribution in [2.24, 2.45) is 0 Å². The van der Waals surface area contributed by atoms with Crippen molar-refractivity contribution in [3.8, 4) is 49.9 Å². The predicted molar refractivity (Wildman–Crippen MR) is 323 cm³/mol. The van der Waals surface area contributed by atoms with Crippen LogP contribution in [0.15, 0.2) is 58.9 Å². The van der Waals surface area contributed by atoms with Crippen molar-refractivity contribution in [1.29, 1.82) is 15.8 Å². The maximum Gasteiger partial charge on any atom is 0.172 e. The average molecular weight is 1090 g/mol. The van der Waals surface area contributed by atoms with Gasteiger partial charge in [0.25, 0.3) is 0 Å². The average Bonchev–Trinajstić information content (AvgIpc) is 4.26. The van der Waals surface area contributed by atoms with Gasteiger partial charge in [0.05, 0.1) is 31.0 Å². The highest BCUT2D eigenvalue weighted by molar-refractivity contribution is 7.35. The van der Waals surface area contributed by atoms with Gasteiger partial charge in [-0.05, 0) is 69.9 Å². The van der Waals surface area contributed by atoms with Crippen molar-refractivity contribution in [1.82, 2.24) is 0 Å². The number of nitriles is 3. The maximum atomic E-state index is 10.2. The van der Waals surface area contributed by atoms with E-state index in [0.29, 0.717) is 5.57 Å². The molecule has 4 aromatic heterocycles. The molecule has 0 saturated carbocycles. The number of fused-ring (bicyclic) bond motifs is 7. The Morgan fingerprint density at radius 2 is 1.13 bits per heavy atom. The first-order valence-corrected chi connectivity index (χ1v) is 32.0. The van der Waals surface area contributed by atoms with Gasteiger partial charge in [-0.25, -0.2) is 0 Å². The number of unbranched alkanes of at least 4 members (excludes halogenated alkanes) is 24. The summed E-state index contributed by atoms with van der Waals surface area (Å²) in [5.74, 6) is 1.99. The fraction of sp³-hybridized carbons (Fsp3) is 0.578. The fourth-order valence-corrected chi connectivity index (χ4v) is 16.6. The summed E-state index contributed by atoms with van der Waals surface area (Å²) in [4.78, 5) is 7.04. The third kappa shape index (κ3) is 14.5. The maximum absolute atomic E-state index is 10.2. The lowest BCUT2D eigenvalue weighted by Crippen LogP contribution is -2.35. The van der Waals surface area contributed by atoms with Gasteiger partial charge in [0.15, 0.2) is 17.1 Å². The summed E-state index contributed by atoms with van der Waals surface area (Å²) in [6.07, 6.45) is 40.5. The summed E-state index contributed by atoms with van der Waals surface area (Å²) < 4.78 is 25.1. The first-order chi connectivity index (χ1) is 36.5. The quantitative estimate of drug-likeness (QED) is 0.0305. The van der Waals surface area contributed by atoms with Gasteiger partial charge in [-0.3, -0.25) is 0 Å². The molecule has 0 N–H and O–H groups in total. The van der Waals surface area contributed by atoms with Crippen LogP contribution in [0.4, 0.5) is 5.69 Å². The summed E-state index contributed by atoms with van der Waals surface area (Å²) in [5.41, 5.74) is 3.03. The molecule has 5 aromatic rings. The zero-order chi connectivity index (χ0) is 53.2. The van der Waals surface area contributed by atoms with Crippen LogP contribution in [-0.2, 0) is 10.3 Å². The second kappa shape index (κ2) is 28.7. The van der Waals surface area contributed by atoms with Gasteiger partial charge in [-0.2, -0.15) is 15.8 Å². The molecule has 0 aliphatic carbocycles. The number of benzene rings is 1. The molecule has 7 rings (SSSR count). The van der Waals surface area contributed by atoms with E-state index in [9.17, 15) is 15.8 Å². The van der Waals surface area contributed by atoms with Gasteiger partial charge in [0.2, 0.25) is 0 Å². The molecule has 1 aromatic carbocycles. The van der Waals surface area contributed by atoms with Crippen LogP contribution >= 0.6 is 45.3 Å². The van der Waals surface area contributed by atoms with Crippen LogP contribution in [0.25, 0.3) is 45.1 Å². The van der Waals surface area contributed by atoms with Crippen molar-refractivity contribution in [2.75, 3.05) is 26.1 Å². The van der Waals surface area contributed by atoms with E-state index < -0.39 is 11.2 Å². The highest BCUT2D eigenvalue weighted by atomic mass is 32.1. The topological polar surface area (TPSA) is 102 Å². The van der Waals surface area contributed by atoms with E-state index in [1.54, 1.807) is 18.4 Å². The SMILES string of the molecule is CCCCCCCCCCCCCCCC1(CCCCCCCCCCCCCCC)Oc2c(sc3cc(/C=C/C4=C(C#N)C(=C(C#N)C#N)OC4(C)C)sc23)-c2sc3cc(-c4ccc(N(C)C)cc4OC)sc3c21. The summed E-state index contributed by atoms with van der Waals surface area (Å²) >= 11 is 7.43. The molecule has 0 atom stereocenters. The van der Waals surface area contributed by atoms with Gasteiger partial charge < -0.3 is 19.1 Å². The van der Waals surface area contributed by atoms with Crippen molar-refractivity contribution >= 4 is 75.9 Å². The Hall–Kier alpha value is -4.57. The lowest BCUT2D eigenvalue weighted by molar-refractivity contribution is 0.0430. The molecule has 0 unspecified atom stereocenters. The molecule has 0 bridgehead atoms. The Morgan fingerprint density at radius 3 is 1.64 bits per heavy atom. The molecule has 2 aliphatic heterocycles. The molecule has 0 radical (unpaired) electrons. The number of methoxy groups -OCH3 is 1. The molecule has 0 saturated heterocycles. The number of rotatable bonds is 33. The summed E-state index contributed by atoms with van der Waals surface area (Å²) in [7, 11) is 5.93. The number of hydrogen-bond donors (Lipinski definition) is 0. The number of anilines is 1. The van der Waals surface area contributed by atoms with Crippen molar-refractivity contribution < 1.29 is 14.2 Å². The molecule has 0 amide bonds. The second-order valence-corrected chi connectivity index (χ2v) is 26.1. The van der Waals surface area contributed by atoms with E-state index in [1.165, 1.54) is 193 Å². The van der Waals surface area contributed by atoms with Crippen molar-refractivity contribution in [2.45, 2.75) is 219 Å². The van der Waals surface area contributed by atoms with Crippen molar-refractivity contribution in [3.63, 3.8) is 0 Å². The van der Waals surface area contributed by atoms with Gasteiger partial charge in [0, 0.05) is 57.0 Å². The van der Waals surface area contributed by atoms with Gasteiger partial charge in [-0.15, -0.1) is 45.3 Å². The number of nitrogens with zero attached hydrogens (tertiary/aromatic N) is 4. The number of allylic oxidation sites excluding steroid dienone is 2. The Bertz CT molecular complexity index is 2840. The summed E-state index contributed by atoms with van der Waals surface area (Å²) in [6.45, 7) is 8.34. The normalized spacial score (nSPS) is 14.5. The van der Waals surface area contributed by atoms with Crippen LogP contribution in [0.2, 0.25) is 0 Å². The Morgan fingerprint density at radius 1 is 0.613 bits per heavy atom. The van der Waals surface area contributed by atoms with E-state index >= 15 is 0 Å². The zero-order valence-electron chi connectivity index (χ0n) is 46.5. The molecule has 11 heteroatoms. The third-order valence-corrected chi connectivity index (χ3v) is 20.4. The van der Waals surface area contributed by atoms with E-state index in [2.05, 4.69) is 69.2 Å². The summed E-state index contributed by atoms with van der Waals surface area (Å²) in [6, 6.07) is 17.3. The standard InChI is InChI=1S/C64H84N4O3S4/c1-8-10-12-14-16-18-20-22-24-26-28-30-32-38-64(39-33-31-29-27-25-23-21-19-17-15-13-11-9-2)56-59-55(42-53(73-59)49-36-34-47(68(5)6)40-52(49)69-7)74-61(56)62-58(71-64)60-54(75-62)41-48(72-60)35-37-51-50(45-67)57(46(43-65)44-66)70-63(51,3)4/h34-37,40-42H,8-33,38-39H2,1-7H3/b37-35+. The van der Waals surface area contributed by atoms with Crippen LogP contribution < -0.4 is 14.4 Å². The Balaban J connectivity index is 1.18. The Kier molecular flexibility index (Phi) is 22.2. The first kappa shape index (κ1) is 58.1. The molecule has 0 spiro atoms. The minimum Gasteiger partial charge on any atom is -0.496 e. The molecule has 0 fully saturated rings. The zero-order valence-corrected chi connectivity index (χ0v) is 49.8. The molecule has 6 heterocycles. The number of ether oxygens (including phenoxy) is 3. The van der Waals surface area contributed by atoms with Crippen LogP contribution in [0.1, 0.15) is 218 Å². The molecule has 7 nitrogen and oxygen atoms in total. The van der Waals surface area contributed by atoms with Crippen LogP contribution in [0.5, 0.6) is 11.5 Å². The largest absolute Gasteiger partial charge is 0.496 e. The second-order valence-electron chi connectivity index (χ2n) is 21.8. The van der Waals surface area contributed by atoms with E-state index in [1.807, 2.05) is 72.1 Å². The van der Waals surface area contributed by atoms with Gasteiger partial charge >= 0.3 is 0 Å². The molecule has 2 aliphatic rings. The van der Waals surface area contributed by atoms with Crippen molar-refractivity contribution in [3.05, 3.63) is 69.3 Å². The molecule has 75 heavy (non-hydrogen) atoms. The fourth-order valence-electron chi connectivity index (χ4n) is 11.2. The minimum absolute atomic E-state index is 0.0604. The van der Waals surface area contributed by atoms with Crippen LogP contribution in [0.3, 0.4) is 0 Å². The van der Waals surface area contributed by atoms with E-state index in [-0.39, 0.29) is 16.9 Å². The predicted octanol–water partition coefficient (Wildman–Crippen LogP) is 21.1. The monoisotopic (exact) mass is 1080 g/mol. The van der Waals surface area contributed by atoms with E-state index in [0.717, 1.165) is 53.3 Å². The van der Waals surface area contributed by atoms with Crippen LogP contribution in [0, 0.1) is 34.0 Å². The lowest BCUT2D eigenvalue weighted by Gasteiger charge is -2.39. The van der Waals surface area contributed by atoms with Gasteiger partial charge in [-0.1, -0.05) is 174 Å². The molecular weight excluding hydrogens is 1000 g/mol. The van der Waals surface area contributed by atoms with Gasteiger partial charge in [0.1, 0.15) is 40.7 Å². The minimum atomic E-state index is -0.878. The third-order valence-electron chi connectivity index (χ3n) is 15.5. The van der Waals surface area contributed by atoms with Crippen LogP contribution in [-0.4, -0.2) is 26.8 Å². The first-order valence-electron chi connectivity index (χ1n) is 28.8. The Labute approximate surface area is 466 Å². The number of hydrogen-bond acceptors (Lipinski definition) is 11. The molecule has 402 valence electrons. The highest BCUT2D eigenvalue weighted by Crippen LogP contribution is 2.62. The van der Waals surface area contributed by atoms with E-state index in [4.69, 9.17) is 14.2 Å². The smallest absolute Gasteiger partial charge is 0.172 e. The lowest BCUT2D eigenvalue weighted by atomic mass is 9.81. The highest BCUT2D eigenvalue weighted by Gasteiger charge is 2.46. The molecular formula is C64H84N4O3S4. The summed E-state index contributed by atoms with van der Waals surface area (Å²) in [5, 5.41) is 29.5.